The fraction of sp³-hybridized carbons (Fsp3) is 0.417. The second-order valence-corrected chi connectivity index (χ2v) is 4.51. The van der Waals surface area contributed by atoms with Gasteiger partial charge in [0.15, 0.2) is 0 Å². The van der Waals surface area contributed by atoms with Crippen LogP contribution in [0.3, 0.4) is 0 Å². The number of piperazine rings is 1. The smallest absolute Gasteiger partial charge is 0.270 e. The van der Waals surface area contributed by atoms with Crippen LogP contribution in [-0.2, 0) is 0 Å². The van der Waals surface area contributed by atoms with E-state index in [1.807, 2.05) is 6.07 Å². The van der Waals surface area contributed by atoms with Crippen LogP contribution in [-0.4, -0.2) is 38.2 Å². The molecule has 6 heteroatoms. The maximum atomic E-state index is 10.7. The van der Waals surface area contributed by atoms with E-state index in [-0.39, 0.29) is 5.69 Å². The Bertz CT molecular complexity index is 501. The van der Waals surface area contributed by atoms with E-state index in [1.54, 1.807) is 6.07 Å². The summed E-state index contributed by atoms with van der Waals surface area (Å²) >= 11 is 0. The molecule has 1 aromatic rings. The van der Waals surface area contributed by atoms with Crippen LogP contribution in [0.25, 0.3) is 0 Å². The Kier molecular flexibility index (Phi) is 3.44. The SMILES string of the molecule is C[NH+]1CCN(c2ccc([N+](=O)[O-])cc2C#N)CC1. The Morgan fingerprint density at radius 2 is 2.11 bits per heavy atom. The van der Waals surface area contributed by atoms with E-state index >= 15 is 0 Å². The standard InChI is InChI=1S/C12H14N4O2/c1-14-4-6-15(7-5-14)12-3-2-11(16(17)18)8-10(12)9-13/h2-3,8H,4-7H2,1H3/p+1. The van der Waals surface area contributed by atoms with Crippen molar-refractivity contribution in [3.05, 3.63) is 33.9 Å². The second-order valence-electron chi connectivity index (χ2n) is 4.51. The number of benzene rings is 1. The number of nitrogens with one attached hydrogen (secondary N) is 1. The van der Waals surface area contributed by atoms with Crippen molar-refractivity contribution >= 4 is 11.4 Å². The molecule has 1 N–H and O–H groups in total. The van der Waals surface area contributed by atoms with Crippen molar-refractivity contribution in [1.29, 1.82) is 5.26 Å². The van der Waals surface area contributed by atoms with E-state index in [0.717, 1.165) is 31.9 Å². The van der Waals surface area contributed by atoms with Crippen molar-refractivity contribution in [2.45, 2.75) is 0 Å². The number of rotatable bonds is 2. The Morgan fingerprint density at radius 3 is 2.67 bits per heavy atom. The van der Waals surface area contributed by atoms with Crippen molar-refractivity contribution < 1.29 is 9.82 Å². The fourth-order valence-corrected chi connectivity index (χ4v) is 2.13. The number of likely N-dealkylation sites (N-methyl/N-ethyl adjacent to an activating group) is 1. The van der Waals surface area contributed by atoms with E-state index in [0.29, 0.717) is 5.56 Å². The quantitative estimate of drug-likeness (QED) is 0.580. The highest BCUT2D eigenvalue weighted by Crippen LogP contribution is 2.24. The summed E-state index contributed by atoms with van der Waals surface area (Å²) in [5.41, 5.74) is 1.15. The molecule has 0 amide bonds. The van der Waals surface area contributed by atoms with Gasteiger partial charge in [0, 0.05) is 12.1 Å². The monoisotopic (exact) mass is 247 g/mol. The summed E-state index contributed by atoms with van der Waals surface area (Å²) in [5.74, 6) is 0. The first-order chi connectivity index (χ1) is 8.61. The predicted molar refractivity (Wildman–Crippen MR) is 66.6 cm³/mol. The molecule has 1 heterocycles. The highest BCUT2D eigenvalue weighted by Gasteiger charge is 2.20. The summed E-state index contributed by atoms with van der Waals surface area (Å²) in [5, 5.41) is 19.8. The Balaban J connectivity index is 2.28. The van der Waals surface area contributed by atoms with Gasteiger partial charge in [-0.1, -0.05) is 0 Å². The number of nitro benzene ring substituents is 1. The zero-order valence-electron chi connectivity index (χ0n) is 10.2. The van der Waals surface area contributed by atoms with E-state index in [4.69, 9.17) is 5.26 Å². The third kappa shape index (κ3) is 2.41. The highest BCUT2D eigenvalue weighted by atomic mass is 16.6. The molecular weight excluding hydrogens is 232 g/mol. The zero-order valence-corrected chi connectivity index (χ0v) is 10.2. The van der Waals surface area contributed by atoms with Gasteiger partial charge in [0.25, 0.3) is 5.69 Å². The van der Waals surface area contributed by atoms with Crippen LogP contribution in [0, 0.1) is 21.4 Å². The molecule has 1 aromatic carbocycles. The van der Waals surface area contributed by atoms with Gasteiger partial charge in [0.2, 0.25) is 0 Å². The van der Waals surface area contributed by atoms with Crippen LogP contribution in [0.2, 0.25) is 0 Å². The molecule has 0 bridgehead atoms. The number of non-ortho nitro benzene ring substituents is 1. The van der Waals surface area contributed by atoms with Crippen LogP contribution < -0.4 is 9.80 Å². The summed E-state index contributed by atoms with van der Waals surface area (Å²) < 4.78 is 0. The molecule has 94 valence electrons. The number of hydrogen-bond acceptors (Lipinski definition) is 4. The predicted octanol–water partition coefficient (Wildman–Crippen LogP) is -0.199. The molecule has 18 heavy (non-hydrogen) atoms. The molecule has 0 saturated carbocycles. The third-order valence-corrected chi connectivity index (χ3v) is 3.27. The summed E-state index contributed by atoms with van der Waals surface area (Å²) in [7, 11) is 2.14. The second kappa shape index (κ2) is 5.02. The molecule has 1 aliphatic rings. The molecule has 0 radical (unpaired) electrons. The van der Waals surface area contributed by atoms with Crippen LogP contribution in [0.4, 0.5) is 11.4 Å². The first-order valence-corrected chi connectivity index (χ1v) is 5.86. The molecule has 0 atom stereocenters. The minimum absolute atomic E-state index is 0.0324. The van der Waals surface area contributed by atoms with Crippen LogP contribution in [0.5, 0.6) is 0 Å². The molecular formula is C12H15N4O2+. The number of quaternary nitrogens is 1. The van der Waals surface area contributed by atoms with Crippen LogP contribution >= 0.6 is 0 Å². The molecule has 0 aromatic heterocycles. The number of nitrogens with zero attached hydrogens (tertiary/aromatic N) is 3. The normalized spacial score (nSPS) is 16.3. The van der Waals surface area contributed by atoms with Crippen LogP contribution in [0.1, 0.15) is 5.56 Å². The van der Waals surface area contributed by atoms with Crippen molar-refractivity contribution in [1.82, 2.24) is 0 Å². The molecule has 0 spiro atoms. The highest BCUT2D eigenvalue weighted by molar-refractivity contribution is 5.63. The lowest BCUT2D eigenvalue weighted by molar-refractivity contribution is -0.880. The Morgan fingerprint density at radius 1 is 1.44 bits per heavy atom. The number of nitro groups is 1. The number of nitriles is 1. The van der Waals surface area contributed by atoms with Gasteiger partial charge in [-0.25, -0.2) is 0 Å². The zero-order chi connectivity index (χ0) is 13.1. The lowest BCUT2D eigenvalue weighted by atomic mass is 10.1. The molecule has 1 fully saturated rings. The molecule has 6 nitrogen and oxygen atoms in total. The van der Waals surface area contributed by atoms with Gasteiger partial charge >= 0.3 is 0 Å². The fourth-order valence-electron chi connectivity index (χ4n) is 2.13. The number of anilines is 1. The topological polar surface area (TPSA) is 74.6 Å². The van der Waals surface area contributed by atoms with Crippen molar-refractivity contribution in [3.63, 3.8) is 0 Å². The van der Waals surface area contributed by atoms with Crippen LogP contribution in [0.15, 0.2) is 18.2 Å². The molecule has 0 aliphatic carbocycles. The summed E-state index contributed by atoms with van der Waals surface area (Å²) in [6, 6.07) is 6.53. The largest absolute Gasteiger partial charge is 0.359 e. The lowest BCUT2D eigenvalue weighted by Crippen LogP contribution is -3.12. The Labute approximate surface area is 105 Å². The van der Waals surface area contributed by atoms with Gasteiger partial charge in [-0.2, -0.15) is 5.26 Å². The summed E-state index contributed by atoms with van der Waals surface area (Å²) in [6.07, 6.45) is 0. The summed E-state index contributed by atoms with van der Waals surface area (Å²) in [6.45, 7) is 3.78. The molecule has 1 aliphatic heterocycles. The van der Waals surface area contributed by atoms with Crippen molar-refractivity contribution in [3.8, 4) is 6.07 Å². The minimum atomic E-state index is -0.473. The lowest BCUT2D eigenvalue weighted by Gasteiger charge is -2.32. The maximum Gasteiger partial charge on any atom is 0.270 e. The van der Waals surface area contributed by atoms with Gasteiger partial charge in [0.1, 0.15) is 6.07 Å². The molecule has 0 unspecified atom stereocenters. The molecule has 1 saturated heterocycles. The maximum absolute atomic E-state index is 10.7. The summed E-state index contributed by atoms with van der Waals surface area (Å²) in [4.78, 5) is 13.8. The van der Waals surface area contributed by atoms with Crippen molar-refractivity contribution in [2.75, 3.05) is 38.1 Å². The van der Waals surface area contributed by atoms with E-state index in [1.165, 1.54) is 17.0 Å². The molecule has 2 rings (SSSR count). The third-order valence-electron chi connectivity index (χ3n) is 3.27. The van der Waals surface area contributed by atoms with Gasteiger partial charge in [-0.05, 0) is 6.07 Å². The van der Waals surface area contributed by atoms with Crippen molar-refractivity contribution in [2.24, 2.45) is 0 Å². The van der Waals surface area contributed by atoms with E-state index in [2.05, 4.69) is 11.9 Å². The first kappa shape index (κ1) is 12.3. The van der Waals surface area contributed by atoms with Gasteiger partial charge in [0.05, 0.1) is 49.4 Å². The number of hydrogen-bond donors (Lipinski definition) is 1. The van der Waals surface area contributed by atoms with Gasteiger partial charge in [-0.3, -0.25) is 10.1 Å². The van der Waals surface area contributed by atoms with E-state index in [9.17, 15) is 10.1 Å². The average molecular weight is 247 g/mol. The van der Waals surface area contributed by atoms with E-state index < -0.39 is 4.92 Å². The van der Waals surface area contributed by atoms with Gasteiger partial charge < -0.3 is 9.80 Å². The average Bonchev–Trinajstić information content (AvgIpc) is 2.39. The first-order valence-electron chi connectivity index (χ1n) is 5.86. The Hall–Kier alpha value is -2.13. The minimum Gasteiger partial charge on any atom is -0.359 e. The van der Waals surface area contributed by atoms with Gasteiger partial charge in [-0.15, -0.1) is 0 Å².